The maximum Gasteiger partial charge on any atom is 0.215 e. The van der Waals surface area contributed by atoms with Crippen LogP contribution in [0.2, 0.25) is 0 Å². The van der Waals surface area contributed by atoms with Gasteiger partial charge in [-0.05, 0) is 24.2 Å². The van der Waals surface area contributed by atoms with Crippen LogP contribution in [0.25, 0.3) is 10.9 Å². The number of benzene rings is 2. The monoisotopic (exact) mass is 264 g/mol. The first kappa shape index (κ1) is 9.09. The highest BCUT2D eigenvalue weighted by atomic mass is 16.3. The zero-order chi connectivity index (χ0) is 15.4. The highest BCUT2D eigenvalue weighted by molar-refractivity contribution is 6.55. The molecule has 1 aliphatic rings. The van der Waals surface area contributed by atoms with Crippen LogP contribution in [0.5, 0.6) is 5.75 Å². The van der Waals surface area contributed by atoms with E-state index < -0.39 is 5.78 Å². The van der Waals surface area contributed by atoms with Crippen LogP contribution >= 0.6 is 0 Å². The number of ketones is 1. The molecule has 0 bridgehead atoms. The Bertz CT molecular complexity index is 989. The first-order valence-electron chi connectivity index (χ1n) is 7.11. The Morgan fingerprint density at radius 2 is 1.95 bits per heavy atom. The van der Waals surface area contributed by atoms with Gasteiger partial charge in [-0.15, -0.1) is 0 Å². The standard InChI is InChI=1S/C16H10N2O2/c19-15-9-5-1-3-7-11(9)17-13(15)14-16(20)10-6-2-4-8-12(10)18-14/h1-8,17,19H/i5D,6D. The van der Waals surface area contributed by atoms with Gasteiger partial charge in [0, 0.05) is 16.5 Å². The van der Waals surface area contributed by atoms with E-state index in [1.54, 1.807) is 30.3 Å². The van der Waals surface area contributed by atoms with Gasteiger partial charge in [0.25, 0.3) is 0 Å². The van der Waals surface area contributed by atoms with E-state index in [1.807, 2.05) is 0 Å². The topological polar surface area (TPSA) is 65.5 Å². The Kier molecular flexibility index (Phi) is 1.73. The summed E-state index contributed by atoms with van der Waals surface area (Å²) in [6, 6.07) is 10.1. The minimum Gasteiger partial charge on any atom is -0.505 e. The summed E-state index contributed by atoms with van der Waals surface area (Å²) in [5.41, 5.74) is 1.49. The average Bonchev–Trinajstić information content (AvgIpc) is 2.99. The number of carbonyl (C=O) groups excluding carboxylic acids is 1. The summed E-state index contributed by atoms with van der Waals surface area (Å²) in [6.45, 7) is 0. The fraction of sp³-hybridized carbons (Fsp3) is 0. The lowest BCUT2D eigenvalue weighted by atomic mass is 10.1. The van der Waals surface area contributed by atoms with Gasteiger partial charge in [-0.1, -0.05) is 24.3 Å². The van der Waals surface area contributed by atoms with Gasteiger partial charge in [0.1, 0.15) is 11.4 Å². The van der Waals surface area contributed by atoms with Crippen molar-refractivity contribution in [2.75, 3.05) is 0 Å². The third-order valence-electron chi connectivity index (χ3n) is 3.33. The zero-order valence-corrected chi connectivity index (χ0v) is 10.3. The van der Waals surface area contributed by atoms with E-state index in [9.17, 15) is 9.90 Å². The average molecular weight is 264 g/mol. The molecular weight excluding hydrogens is 252 g/mol. The molecule has 4 rings (SSSR count). The van der Waals surface area contributed by atoms with E-state index in [0.29, 0.717) is 16.6 Å². The highest BCUT2D eigenvalue weighted by Gasteiger charge is 2.29. The lowest BCUT2D eigenvalue weighted by molar-refractivity contribution is 0.107. The number of aromatic hydroxyl groups is 1. The molecule has 0 aliphatic carbocycles. The van der Waals surface area contributed by atoms with E-state index in [1.165, 1.54) is 6.07 Å². The Hall–Kier alpha value is -2.88. The minimum absolute atomic E-state index is 0.0720. The molecular formula is C16H10N2O2. The Morgan fingerprint density at radius 3 is 2.75 bits per heavy atom. The number of nitrogens with zero attached hydrogens (tertiary/aromatic N) is 1. The Labute approximate surface area is 117 Å². The molecule has 0 fully saturated rings. The quantitative estimate of drug-likeness (QED) is 0.708. The number of aromatic amines is 1. The fourth-order valence-electron chi connectivity index (χ4n) is 2.39. The largest absolute Gasteiger partial charge is 0.505 e. The van der Waals surface area contributed by atoms with Gasteiger partial charge in [0.15, 0.2) is 5.75 Å². The summed E-state index contributed by atoms with van der Waals surface area (Å²) in [7, 11) is 0. The third kappa shape index (κ3) is 1.36. The highest BCUT2D eigenvalue weighted by Crippen LogP contribution is 2.34. The molecule has 2 aromatic carbocycles. The smallest absolute Gasteiger partial charge is 0.215 e. The molecule has 1 aliphatic heterocycles. The number of hydrogen-bond donors (Lipinski definition) is 2. The number of rotatable bonds is 1. The lowest BCUT2D eigenvalue weighted by Gasteiger charge is -1.96. The summed E-state index contributed by atoms with van der Waals surface area (Å²) < 4.78 is 15.7. The third-order valence-corrected chi connectivity index (χ3v) is 3.33. The predicted octanol–water partition coefficient (Wildman–Crippen LogP) is 3.19. The number of carbonyl (C=O) groups is 1. The van der Waals surface area contributed by atoms with E-state index >= 15 is 0 Å². The molecule has 0 unspecified atom stereocenters. The first-order valence-corrected chi connectivity index (χ1v) is 6.11. The maximum atomic E-state index is 12.5. The second-order valence-corrected chi connectivity index (χ2v) is 4.53. The molecule has 96 valence electrons. The van der Waals surface area contributed by atoms with Gasteiger partial charge < -0.3 is 10.1 Å². The second-order valence-electron chi connectivity index (χ2n) is 4.53. The van der Waals surface area contributed by atoms with Crippen molar-refractivity contribution in [2.24, 2.45) is 4.99 Å². The fourth-order valence-corrected chi connectivity index (χ4v) is 2.39. The Balaban J connectivity index is 1.95. The molecule has 2 heterocycles. The van der Waals surface area contributed by atoms with Gasteiger partial charge in [-0.2, -0.15) is 0 Å². The van der Waals surface area contributed by atoms with Crippen LogP contribution in [0.15, 0.2) is 53.5 Å². The number of aliphatic imine (C=N–C) groups is 1. The lowest BCUT2D eigenvalue weighted by Crippen LogP contribution is -2.11. The molecule has 2 N–H and O–H groups in total. The van der Waals surface area contributed by atoms with Crippen LogP contribution in [-0.2, 0) is 0 Å². The number of para-hydroxylation sites is 2. The van der Waals surface area contributed by atoms with Crippen molar-refractivity contribution in [3.05, 3.63) is 59.7 Å². The van der Waals surface area contributed by atoms with Crippen LogP contribution in [0.3, 0.4) is 0 Å². The molecule has 0 radical (unpaired) electrons. The molecule has 0 amide bonds. The van der Waals surface area contributed by atoms with Gasteiger partial charge in [0.2, 0.25) is 5.78 Å². The molecule has 3 aromatic rings. The second kappa shape index (κ2) is 3.81. The van der Waals surface area contributed by atoms with E-state index in [0.717, 1.165) is 0 Å². The van der Waals surface area contributed by atoms with Crippen molar-refractivity contribution in [3.8, 4) is 5.75 Å². The van der Waals surface area contributed by atoms with E-state index in [-0.39, 0.29) is 34.8 Å². The number of aromatic nitrogens is 1. The van der Waals surface area contributed by atoms with Gasteiger partial charge in [-0.25, -0.2) is 4.99 Å². The summed E-state index contributed by atoms with van der Waals surface area (Å²) in [6.07, 6.45) is 0. The SMILES string of the molecule is [2H]c1cccc2c1C(=O)C(c1[nH]c3cccc([2H])c3c1O)=N2. The summed E-state index contributed by atoms with van der Waals surface area (Å²) >= 11 is 0. The van der Waals surface area contributed by atoms with Crippen LogP contribution in [0.1, 0.15) is 18.8 Å². The van der Waals surface area contributed by atoms with E-state index in [2.05, 4.69) is 9.98 Å². The molecule has 0 spiro atoms. The zero-order valence-electron chi connectivity index (χ0n) is 12.3. The van der Waals surface area contributed by atoms with Gasteiger partial charge >= 0.3 is 0 Å². The molecule has 1 aromatic heterocycles. The van der Waals surface area contributed by atoms with Crippen LogP contribution in [0.4, 0.5) is 5.69 Å². The molecule has 4 heteroatoms. The van der Waals surface area contributed by atoms with Crippen molar-refractivity contribution < 1.29 is 12.6 Å². The maximum absolute atomic E-state index is 12.5. The Morgan fingerprint density at radius 1 is 1.15 bits per heavy atom. The van der Waals surface area contributed by atoms with Crippen molar-refractivity contribution in [1.29, 1.82) is 0 Å². The summed E-state index contributed by atoms with van der Waals surface area (Å²) in [5.74, 6) is -0.555. The van der Waals surface area contributed by atoms with Crippen LogP contribution in [0, 0.1) is 0 Å². The number of hydrogen-bond acceptors (Lipinski definition) is 3. The number of H-pyrrole nitrogens is 1. The van der Waals surface area contributed by atoms with Crippen LogP contribution < -0.4 is 0 Å². The summed E-state index contributed by atoms with van der Waals surface area (Å²) in [4.78, 5) is 19.7. The van der Waals surface area contributed by atoms with E-state index in [4.69, 9.17) is 2.74 Å². The van der Waals surface area contributed by atoms with Crippen molar-refractivity contribution >= 4 is 28.1 Å². The normalized spacial score (nSPS) is 15.0. The van der Waals surface area contributed by atoms with Gasteiger partial charge in [-0.3, -0.25) is 4.79 Å². The molecule has 20 heavy (non-hydrogen) atoms. The van der Waals surface area contributed by atoms with Crippen molar-refractivity contribution in [1.82, 2.24) is 4.98 Å². The number of Topliss-reactive ketones (excluding diaryl/α,β-unsaturated/α-hetero) is 1. The van der Waals surface area contributed by atoms with Crippen molar-refractivity contribution in [2.45, 2.75) is 0 Å². The molecule has 0 atom stereocenters. The van der Waals surface area contributed by atoms with Crippen LogP contribution in [-0.4, -0.2) is 21.6 Å². The number of nitrogens with one attached hydrogen (secondary N) is 1. The number of fused-ring (bicyclic) bond motifs is 2. The molecule has 0 saturated heterocycles. The first-order chi connectivity index (χ1) is 10.6. The minimum atomic E-state index is -0.394. The summed E-state index contributed by atoms with van der Waals surface area (Å²) in [5, 5.41) is 10.7. The van der Waals surface area contributed by atoms with Crippen molar-refractivity contribution in [3.63, 3.8) is 0 Å². The molecule has 0 saturated carbocycles. The predicted molar refractivity (Wildman–Crippen MR) is 76.9 cm³/mol. The van der Waals surface area contributed by atoms with Gasteiger partial charge in [0.05, 0.1) is 8.43 Å². The molecule has 4 nitrogen and oxygen atoms in total.